The molecule has 2 nitrogen and oxygen atoms in total. The van der Waals surface area contributed by atoms with Crippen LogP contribution in [0.25, 0.3) is 0 Å². The number of thiophene rings is 1. The smallest absolute Gasteiger partial charge is 0.0118 e. The predicted octanol–water partition coefficient (Wildman–Crippen LogP) is 3.34. The van der Waals surface area contributed by atoms with Gasteiger partial charge in [0, 0.05) is 28.9 Å². The first-order valence-corrected chi connectivity index (χ1v) is 8.29. The van der Waals surface area contributed by atoms with E-state index >= 15 is 0 Å². The van der Waals surface area contributed by atoms with Crippen molar-refractivity contribution in [2.24, 2.45) is 5.92 Å². The summed E-state index contributed by atoms with van der Waals surface area (Å²) in [7, 11) is 2.10. The largest absolute Gasteiger partial charge is 0.317 e. The third-order valence-corrected chi connectivity index (χ3v) is 6.09. The maximum Gasteiger partial charge on any atom is 0.0118 e. The van der Waals surface area contributed by atoms with Crippen molar-refractivity contribution in [1.29, 1.82) is 0 Å². The van der Waals surface area contributed by atoms with E-state index in [9.17, 15) is 0 Å². The van der Waals surface area contributed by atoms with Crippen LogP contribution in [-0.2, 0) is 5.41 Å². The molecule has 3 unspecified atom stereocenters. The maximum absolute atomic E-state index is 3.47. The van der Waals surface area contributed by atoms with Crippen molar-refractivity contribution in [1.82, 2.24) is 10.2 Å². The molecule has 1 saturated heterocycles. The minimum absolute atomic E-state index is 0.259. The molecule has 0 saturated carbocycles. The van der Waals surface area contributed by atoms with Crippen LogP contribution in [0.1, 0.15) is 39.0 Å². The van der Waals surface area contributed by atoms with Gasteiger partial charge in [-0.3, -0.25) is 4.90 Å². The van der Waals surface area contributed by atoms with Crippen LogP contribution in [0.2, 0.25) is 0 Å². The number of nitrogens with one attached hydrogen (secondary N) is 1. The molecule has 1 aliphatic rings. The highest BCUT2D eigenvalue weighted by molar-refractivity contribution is 7.10. The van der Waals surface area contributed by atoms with Gasteiger partial charge < -0.3 is 5.32 Å². The van der Waals surface area contributed by atoms with Crippen LogP contribution in [0, 0.1) is 5.92 Å². The van der Waals surface area contributed by atoms with Gasteiger partial charge in [0.05, 0.1) is 0 Å². The zero-order valence-electron chi connectivity index (χ0n) is 12.9. The first-order valence-electron chi connectivity index (χ1n) is 7.41. The number of hydrogen-bond acceptors (Lipinski definition) is 3. The van der Waals surface area contributed by atoms with Crippen molar-refractivity contribution in [2.75, 3.05) is 20.1 Å². The highest BCUT2D eigenvalue weighted by Gasteiger charge is 2.35. The van der Waals surface area contributed by atoms with Gasteiger partial charge in [0.2, 0.25) is 0 Å². The molecule has 2 heterocycles. The van der Waals surface area contributed by atoms with Crippen molar-refractivity contribution < 1.29 is 0 Å². The fraction of sp³-hybridized carbons (Fsp3) is 0.750. The third-order valence-electron chi connectivity index (χ3n) is 4.86. The molecule has 0 amide bonds. The fourth-order valence-electron chi connectivity index (χ4n) is 3.32. The van der Waals surface area contributed by atoms with Crippen LogP contribution in [0.5, 0.6) is 0 Å². The average molecular weight is 280 g/mol. The van der Waals surface area contributed by atoms with Crippen LogP contribution in [0.4, 0.5) is 0 Å². The third kappa shape index (κ3) is 3.21. The van der Waals surface area contributed by atoms with Gasteiger partial charge in [-0.1, -0.05) is 26.8 Å². The highest BCUT2D eigenvalue weighted by Crippen LogP contribution is 2.32. The molecule has 0 bridgehead atoms. The quantitative estimate of drug-likeness (QED) is 0.910. The fourth-order valence-corrected chi connectivity index (χ4v) is 4.16. The van der Waals surface area contributed by atoms with E-state index in [4.69, 9.17) is 0 Å². The molecule has 2 rings (SSSR count). The summed E-state index contributed by atoms with van der Waals surface area (Å²) in [6, 6.07) is 5.78. The molecule has 0 aliphatic carbocycles. The molecular formula is C16H28N2S. The maximum atomic E-state index is 3.47. The Labute approximate surface area is 122 Å². The van der Waals surface area contributed by atoms with Gasteiger partial charge in [-0.2, -0.15) is 0 Å². The minimum Gasteiger partial charge on any atom is -0.317 e. The van der Waals surface area contributed by atoms with Crippen LogP contribution < -0.4 is 5.32 Å². The summed E-state index contributed by atoms with van der Waals surface area (Å²) >= 11 is 1.89. The van der Waals surface area contributed by atoms with Crippen molar-refractivity contribution in [3.63, 3.8) is 0 Å². The topological polar surface area (TPSA) is 15.3 Å². The molecule has 19 heavy (non-hydrogen) atoms. The molecule has 1 aromatic heterocycles. The lowest BCUT2D eigenvalue weighted by Gasteiger charge is -2.45. The Morgan fingerprint density at radius 1 is 1.42 bits per heavy atom. The van der Waals surface area contributed by atoms with E-state index in [0.717, 1.165) is 12.5 Å². The Morgan fingerprint density at radius 2 is 2.16 bits per heavy atom. The molecular weight excluding hydrogens is 252 g/mol. The van der Waals surface area contributed by atoms with Gasteiger partial charge in [0.25, 0.3) is 0 Å². The molecule has 1 aliphatic heterocycles. The molecule has 108 valence electrons. The van der Waals surface area contributed by atoms with Gasteiger partial charge in [-0.05, 0) is 44.3 Å². The van der Waals surface area contributed by atoms with Crippen molar-refractivity contribution in [3.8, 4) is 0 Å². The van der Waals surface area contributed by atoms with Crippen molar-refractivity contribution in [2.45, 2.75) is 51.6 Å². The second kappa shape index (κ2) is 5.94. The van der Waals surface area contributed by atoms with E-state index in [-0.39, 0.29) is 5.41 Å². The summed E-state index contributed by atoms with van der Waals surface area (Å²) in [6.07, 6.45) is 1.27. The SMILES string of the molecule is CNC1CCN(CC(C)(C)c2cccs2)C(C)C1C. The molecule has 1 N–H and O–H groups in total. The number of hydrogen-bond donors (Lipinski definition) is 1. The van der Waals surface area contributed by atoms with Crippen molar-refractivity contribution in [3.05, 3.63) is 22.4 Å². The van der Waals surface area contributed by atoms with Gasteiger partial charge in [-0.15, -0.1) is 11.3 Å². The van der Waals surface area contributed by atoms with Crippen LogP contribution in [-0.4, -0.2) is 37.1 Å². The molecule has 0 spiro atoms. The zero-order chi connectivity index (χ0) is 14.0. The molecule has 1 fully saturated rings. The summed E-state index contributed by atoms with van der Waals surface area (Å²) in [6.45, 7) is 11.9. The second-order valence-corrected chi connectivity index (χ2v) is 7.56. The van der Waals surface area contributed by atoms with E-state index < -0.39 is 0 Å². The summed E-state index contributed by atoms with van der Waals surface area (Å²) in [5, 5.41) is 5.66. The summed E-state index contributed by atoms with van der Waals surface area (Å²) in [5.41, 5.74) is 0.259. The predicted molar refractivity (Wildman–Crippen MR) is 85.0 cm³/mol. The minimum atomic E-state index is 0.259. The van der Waals surface area contributed by atoms with Gasteiger partial charge in [-0.25, -0.2) is 0 Å². The summed E-state index contributed by atoms with van der Waals surface area (Å²) < 4.78 is 0. The normalized spacial score (nSPS) is 29.6. The second-order valence-electron chi connectivity index (χ2n) is 6.62. The number of rotatable bonds is 4. The Balaban J connectivity index is 2.03. The Kier molecular flexibility index (Phi) is 4.70. The van der Waals surface area contributed by atoms with Crippen molar-refractivity contribution >= 4 is 11.3 Å². The van der Waals surface area contributed by atoms with Gasteiger partial charge in [0.15, 0.2) is 0 Å². The lowest BCUT2D eigenvalue weighted by atomic mass is 9.84. The van der Waals surface area contributed by atoms with E-state index in [1.165, 1.54) is 17.8 Å². The Hall–Kier alpha value is -0.380. The average Bonchev–Trinajstić information content (AvgIpc) is 2.90. The summed E-state index contributed by atoms with van der Waals surface area (Å²) in [5.74, 6) is 0.720. The molecule has 0 radical (unpaired) electrons. The number of nitrogens with zero attached hydrogens (tertiary/aromatic N) is 1. The first kappa shape index (κ1) is 15.0. The molecule has 0 aromatic carbocycles. The molecule has 3 atom stereocenters. The van der Waals surface area contributed by atoms with E-state index in [2.05, 4.69) is 62.5 Å². The van der Waals surface area contributed by atoms with Gasteiger partial charge in [0.1, 0.15) is 0 Å². The van der Waals surface area contributed by atoms with Crippen LogP contribution >= 0.6 is 11.3 Å². The Bertz CT molecular complexity index is 385. The standard InChI is InChI=1S/C16H28N2S/c1-12-13(2)18(9-8-14(12)17-5)11-16(3,4)15-7-6-10-19-15/h6-7,10,12-14,17H,8-9,11H2,1-5H3. The van der Waals surface area contributed by atoms with Crippen LogP contribution in [0.15, 0.2) is 17.5 Å². The molecule has 3 heteroatoms. The Morgan fingerprint density at radius 3 is 2.74 bits per heavy atom. The number of piperidine rings is 1. The lowest BCUT2D eigenvalue weighted by molar-refractivity contribution is 0.0708. The lowest BCUT2D eigenvalue weighted by Crippen LogP contribution is -2.55. The highest BCUT2D eigenvalue weighted by atomic mass is 32.1. The first-order chi connectivity index (χ1) is 8.95. The monoisotopic (exact) mass is 280 g/mol. The number of likely N-dealkylation sites (tertiary alicyclic amines) is 1. The van der Waals surface area contributed by atoms with Gasteiger partial charge >= 0.3 is 0 Å². The van der Waals surface area contributed by atoms with E-state index in [1.54, 1.807) is 0 Å². The van der Waals surface area contributed by atoms with E-state index in [1.807, 2.05) is 11.3 Å². The zero-order valence-corrected chi connectivity index (χ0v) is 13.8. The molecule has 1 aromatic rings. The van der Waals surface area contributed by atoms with Crippen LogP contribution in [0.3, 0.4) is 0 Å². The van der Waals surface area contributed by atoms with E-state index in [0.29, 0.717) is 12.1 Å². The summed E-state index contributed by atoms with van der Waals surface area (Å²) in [4.78, 5) is 4.18.